The van der Waals surface area contributed by atoms with Crippen molar-refractivity contribution in [3.8, 4) is 5.75 Å². The van der Waals surface area contributed by atoms with Gasteiger partial charge in [-0.1, -0.05) is 23.7 Å². The van der Waals surface area contributed by atoms with E-state index >= 15 is 0 Å². The minimum Gasteiger partial charge on any atom is -0.497 e. The minimum atomic E-state index is -4.72. The zero-order valence-corrected chi connectivity index (χ0v) is 17.4. The largest absolute Gasteiger partial charge is 0.497 e. The van der Waals surface area contributed by atoms with E-state index in [9.17, 15) is 21.6 Å². The molecule has 6 nitrogen and oxygen atoms in total. The molecule has 30 heavy (non-hydrogen) atoms. The van der Waals surface area contributed by atoms with E-state index in [4.69, 9.17) is 16.3 Å². The Kier molecular flexibility index (Phi) is 6.11. The normalized spacial score (nSPS) is 13.3. The van der Waals surface area contributed by atoms with Gasteiger partial charge in [-0.25, -0.2) is 13.4 Å². The van der Waals surface area contributed by atoms with Crippen LogP contribution in [0.25, 0.3) is 0 Å². The van der Waals surface area contributed by atoms with Crippen LogP contribution in [0.1, 0.15) is 23.0 Å². The smallest absolute Gasteiger partial charge is 0.416 e. The number of aryl methyl sites for hydroxylation is 1. The molecule has 1 atom stereocenters. The Morgan fingerprint density at radius 1 is 1.20 bits per heavy atom. The minimum absolute atomic E-state index is 0.329. The van der Waals surface area contributed by atoms with Gasteiger partial charge in [-0.15, -0.1) is 0 Å². The van der Waals surface area contributed by atoms with Crippen molar-refractivity contribution in [1.29, 1.82) is 0 Å². The van der Waals surface area contributed by atoms with Gasteiger partial charge < -0.3 is 9.30 Å². The first-order valence-corrected chi connectivity index (χ1v) is 10.4. The summed E-state index contributed by atoms with van der Waals surface area (Å²) in [7, 11) is -1.33. The first-order valence-electron chi connectivity index (χ1n) is 8.53. The highest BCUT2D eigenvalue weighted by molar-refractivity contribution is 7.89. The standard InChI is InChI=1S/C19H17ClF3N3O3S/c1-26-9-8-24-18(26)17(12-4-3-5-14(10-12)29-2)25-30(27,28)16-11-13(19(21,22)23)6-7-15(16)20/h3-11,17,25H,1-2H3/t17-/m0/s1. The highest BCUT2D eigenvalue weighted by Crippen LogP contribution is 2.34. The number of halogens is 4. The summed E-state index contributed by atoms with van der Waals surface area (Å²) in [6.07, 6.45) is -1.62. The Hall–Kier alpha value is -2.56. The Morgan fingerprint density at radius 3 is 2.53 bits per heavy atom. The van der Waals surface area contributed by atoms with Gasteiger partial charge in [0.15, 0.2) is 0 Å². The van der Waals surface area contributed by atoms with Gasteiger partial charge in [0.05, 0.1) is 17.7 Å². The number of alkyl halides is 3. The fraction of sp³-hybridized carbons (Fsp3) is 0.211. The van der Waals surface area contributed by atoms with Gasteiger partial charge in [0.1, 0.15) is 22.5 Å². The number of benzene rings is 2. The molecular formula is C19H17ClF3N3O3S. The van der Waals surface area contributed by atoms with Crippen molar-refractivity contribution < 1.29 is 26.3 Å². The van der Waals surface area contributed by atoms with Gasteiger partial charge >= 0.3 is 6.18 Å². The average molecular weight is 460 g/mol. The third kappa shape index (κ3) is 4.61. The molecule has 11 heteroatoms. The average Bonchev–Trinajstić information content (AvgIpc) is 3.11. The molecule has 0 aliphatic carbocycles. The number of nitrogens with one attached hydrogen (secondary N) is 1. The SMILES string of the molecule is COc1cccc([C@H](NS(=O)(=O)c2cc(C(F)(F)F)ccc2Cl)c2nccn2C)c1. The third-order valence-electron chi connectivity index (χ3n) is 4.36. The lowest BCUT2D eigenvalue weighted by molar-refractivity contribution is -0.137. The van der Waals surface area contributed by atoms with E-state index in [-0.39, 0.29) is 5.02 Å². The highest BCUT2D eigenvalue weighted by atomic mass is 35.5. The molecule has 1 aromatic heterocycles. The third-order valence-corrected chi connectivity index (χ3v) is 6.27. The second kappa shape index (κ2) is 8.29. The Labute approximate surface area is 176 Å². The second-order valence-corrected chi connectivity index (χ2v) is 8.46. The van der Waals surface area contributed by atoms with Gasteiger partial charge in [-0.2, -0.15) is 17.9 Å². The molecular weight excluding hydrogens is 443 g/mol. The van der Waals surface area contributed by atoms with E-state index in [0.717, 1.165) is 12.1 Å². The summed E-state index contributed by atoms with van der Waals surface area (Å²) in [5.74, 6) is 0.804. The highest BCUT2D eigenvalue weighted by Gasteiger charge is 2.34. The lowest BCUT2D eigenvalue weighted by Crippen LogP contribution is -2.31. The zero-order valence-electron chi connectivity index (χ0n) is 15.8. The van der Waals surface area contributed by atoms with Gasteiger partial charge in [0.25, 0.3) is 0 Å². The number of imidazole rings is 1. The number of hydrogen-bond donors (Lipinski definition) is 1. The topological polar surface area (TPSA) is 73.2 Å². The van der Waals surface area contributed by atoms with Crippen LogP contribution >= 0.6 is 11.6 Å². The van der Waals surface area contributed by atoms with Crippen molar-refractivity contribution in [2.24, 2.45) is 7.05 Å². The molecule has 0 bridgehead atoms. The molecule has 0 amide bonds. The van der Waals surface area contributed by atoms with Crippen molar-refractivity contribution in [1.82, 2.24) is 14.3 Å². The van der Waals surface area contributed by atoms with Crippen LogP contribution in [0.2, 0.25) is 5.02 Å². The van der Waals surface area contributed by atoms with Gasteiger partial charge in [0, 0.05) is 19.4 Å². The molecule has 0 saturated heterocycles. The molecule has 0 aliphatic heterocycles. The first-order chi connectivity index (χ1) is 14.0. The quantitative estimate of drug-likeness (QED) is 0.600. The van der Waals surface area contributed by atoms with Gasteiger partial charge in [-0.3, -0.25) is 0 Å². The van der Waals surface area contributed by atoms with Gasteiger partial charge in [-0.05, 0) is 35.9 Å². The second-order valence-electron chi connectivity index (χ2n) is 6.37. The predicted molar refractivity (Wildman–Crippen MR) is 105 cm³/mol. The van der Waals surface area contributed by atoms with E-state index < -0.39 is 32.7 Å². The van der Waals surface area contributed by atoms with Crippen LogP contribution in [0.3, 0.4) is 0 Å². The van der Waals surface area contributed by atoms with Crippen molar-refractivity contribution in [2.75, 3.05) is 7.11 Å². The molecule has 0 spiro atoms. The van der Waals surface area contributed by atoms with Crippen molar-refractivity contribution in [3.63, 3.8) is 0 Å². The van der Waals surface area contributed by atoms with E-state index in [0.29, 0.717) is 23.2 Å². The fourth-order valence-electron chi connectivity index (χ4n) is 2.85. The van der Waals surface area contributed by atoms with Crippen LogP contribution in [-0.4, -0.2) is 25.1 Å². The summed E-state index contributed by atoms with van der Waals surface area (Å²) in [5.41, 5.74) is -0.641. The van der Waals surface area contributed by atoms with Crippen LogP contribution in [0.4, 0.5) is 13.2 Å². The summed E-state index contributed by atoms with van der Waals surface area (Å²) >= 11 is 5.94. The maximum atomic E-state index is 13.1. The van der Waals surface area contributed by atoms with Crippen LogP contribution < -0.4 is 9.46 Å². The summed E-state index contributed by atoms with van der Waals surface area (Å²) in [6, 6.07) is 7.72. The number of nitrogens with zero attached hydrogens (tertiary/aromatic N) is 2. The molecule has 3 rings (SSSR count). The van der Waals surface area contributed by atoms with Gasteiger partial charge in [0.2, 0.25) is 10.0 Å². The molecule has 2 aromatic carbocycles. The van der Waals surface area contributed by atoms with Crippen LogP contribution in [0.15, 0.2) is 59.8 Å². The fourth-order valence-corrected chi connectivity index (χ4v) is 4.56. The Morgan fingerprint density at radius 2 is 1.93 bits per heavy atom. The summed E-state index contributed by atoms with van der Waals surface area (Å²) in [6.45, 7) is 0. The summed E-state index contributed by atoms with van der Waals surface area (Å²) in [5, 5.41) is -0.334. The van der Waals surface area contributed by atoms with Crippen LogP contribution in [0, 0.1) is 0 Å². The monoisotopic (exact) mass is 459 g/mol. The maximum Gasteiger partial charge on any atom is 0.416 e. The molecule has 160 valence electrons. The number of sulfonamides is 1. The van der Waals surface area contributed by atoms with E-state index in [1.165, 1.54) is 13.3 Å². The molecule has 0 radical (unpaired) electrons. The lowest BCUT2D eigenvalue weighted by Gasteiger charge is -2.20. The zero-order chi connectivity index (χ0) is 22.1. The lowest BCUT2D eigenvalue weighted by atomic mass is 10.1. The molecule has 0 unspecified atom stereocenters. The number of methoxy groups -OCH3 is 1. The first kappa shape index (κ1) is 22.1. The summed E-state index contributed by atoms with van der Waals surface area (Å²) in [4.78, 5) is 3.51. The van der Waals surface area contributed by atoms with E-state index in [1.807, 2.05) is 0 Å². The molecule has 3 aromatic rings. The molecule has 1 N–H and O–H groups in total. The predicted octanol–water partition coefficient (Wildman–Crippen LogP) is 4.17. The number of hydrogen-bond acceptors (Lipinski definition) is 4. The molecule has 0 saturated carbocycles. The van der Waals surface area contributed by atoms with E-state index in [1.54, 1.807) is 42.1 Å². The molecule has 0 aliphatic rings. The van der Waals surface area contributed by atoms with Crippen molar-refractivity contribution >= 4 is 21.6 Å². The van der Waals surface area contributed by atoms with Crippen molar-refractivity contribution in [2.45, 2.75) is 17.1 Å². The number of rotatable bonds is 6. The van der Waals surface area contributed by atoms with Crippen LogP contribution in [-0.2, 0) is 23.2 Å². The Bertz CT molecular complexity index is 1160. The molecule has 1 heterocycles. The number of aromatic nitrogens is 2. The van der Waals surface area contributed by atoms with Crippen molar-refractivity contribution in [3.05, 3.63) is 76.8 Å². The number of ether oxygens (including phenoxy) is 1. The summed E-state index contributed by atoms with van der Waals surface area (Å²) < 4.78 is 74.6. The maximum absolute atomic E-state index is 13.1. The van der Waals surface area contributed by atoms with Crippen LogP contribution in [0.5, 0.6) is 5.75 Å². The molecule has 0 fully saturated rings. The van der Waals surface area contributed by atoms with E-state index in [2.05, 4.69) is 9.71 Å². The Balaban J connectivity index is 2.10.